The molecule has 0 spiro atoms. The molecule has 3 rings (SSSR count). The first-order chi connectivity index (χ1) is 15.6. The Morgan fingerprint density at radius 3 is 2.09 bits per heavy atom. The minimum absolute atomic E-state index is 0.178. The average Bonchev–Trinajstić information content (AvgIpc) is 2.81. The van der Waals surface area contributed by atoms with E-state index in [4.69, 9.17) is 21.7 Å². The fourth-order valence-electron chi connectivity index (χ4n) is 2.61. The van der Waals surface area contributed by atoms with E-state index in [-0.39, 0.29) is 11.5 Å². The second-order valence-electron chi connectivity index (χ2n) is 6.44. The van der Waals surface area contributed by atoms with E-state index in [2.05, 4.69) is 15.8 Å². The molecule has 2 N–H and O–H groups in total. The van der Waals surface area contributed by atoms with Crippen molar-refractivity contribution in [1.29, 1.82) is 0 Å². The number of rotatable bonds is 7. The predicted molar refractivity (Wildman–Crippen MR) is 126 cm³/mol. The summed E-state index contributed by atoms with van der Waals surface area (Å²) >= 11 is 5.07. The topological polar surface area (TPSA) is 89.0 Å². The molecule has 0 radical (unpaired) electrons. The Hall–Kier alpha value is -4.04. The van der Waals surface area contributed by atoms with Gasteiger partial charge in [0.25, 0.3) is 0 Å². The minimum Gasteiger partial charge on any atom is -0.423 e. The number of nitrogens with zero attached hydrogens (tertiary/aromatic N) is 1. The van der Waals surface area contributed by atoms with Crippen molar-refractivity contribution in [3.05, 3.63) is 95.6 Å². The van der Waals surface area contributed by atoms with Crippen molar-refractivity contribution in [2.45, 2.75) is 6.92 Å². The first-order valence-electron chi connectivity index (χ1n) is 9.82. The summed E-state index contributed by atoms with van der Waals surface area (Å²) in [6.45, 7) is 2.57. The van der Waals surface area contributed by atoms with Gasteiger partial charge in [0, 0.05) is 18.2 Å². The highest BCUT2D eigenvalue weighted by Crippen LogP contribution is 2.25. The number of hydrogen-bond acceptors (Lipinski definition) is 6. The molecule has 0 unspecified atom stereocenters. The molecule has 0 heterocycles. The number of hydrazone groups is 1. The molecule has 3 aromatic carbocycles. The van der Waals surface area contributed by atoms with Crippen LogP contribution in [0.15, 0.2) is 84.0 Å². The van der Waals surface area contributed by atoms with Crippen LogP contribution in [0.25, 0.3) is 0 Å². The number of benzene rings is 3. The van der Waals surface area contributed by atoms with Gasteiger partial charge in [0.05, 0.1) is 17.3 Å². The molecule has 162 valence electrons. The maximum absolute atomic E-state index is 12.6. The Morgan fingerprint density at radius 2 is 1.50 bits per heavy atom. The third kappa shape index (κ3) is 6.48. The molecule has 32 heavy (non-hydrogen) atoms. The highest BCUT2D eigenvalue weighted by atomic mass is 32.1. The maximum Gasteiger partial charge on any atom is 0.343 e. The van der Waals surface area contributed by atoms with Gasteiger partial charge in [0.15, 0.2) is 5.11 Å². The Balaban J connectivity index is 1.83. The quantitative estimate of drug-likeness (QED) is 0.186. The SMILES string of the molecule is CCNC(=S)NN=Cc1ccc(OC(=O)c2ccccc2)cc1OC(=O)c1ccccc1. The second kappa shape index (κ2) is 11.4. The highest BCUT2D eigenvalue weighted by Gasteiger charge is 2.14. The number of ether oxygens (including phenoxy) is 2. The van der Waals surface area contributed by atoms with Crippen LogP contribution in [0.1, 0.15) is 33.2 Å². The highest BCUT2D eigenvalue weighted by molar-refractivity contribution is 7.80. The molecule has 0 saturated heterocycles. The van der Waals surface area contributed by atoms with Crippen LogP contribution >= 0.6 is 12.2 Å². The third-order valence-electron chi connectivity index (χ3n) is 4.12. The summed E-state index contributed by atoms with van der Waals surface area (Å²) in [7, 11) is 0. The van der Waals surface area contributed by atoms with Crippen LogP contribution in [-0.2, 0) is 0 Å². The van der Waals surface area contributed by atoms with Crippen LogP contribution in [0.4, 0.5) is 0 Å². The van der Waals surface area contributed by atoms with Crippen molar-refractivity contribution in [2.75, 3.05) is 6.54 Å². The molecule has 0 aliphatic heterocycles. The van der Waals surface area contributed by atoms with Crippen molar-refractivity contribution in [3.8, 4) is 11.5 Å². The summed E-state index contributed by atoms with van der Waals surface area (Å²) in [6.07, 6.45) is 1.46. The van der Waals surface area contributed by atoms with Crippen molar-refractivity contribution < 1.29 is 19.1 Å². The Labute approximate surface area is 191 Å². The molecule has 0 fully saturated rings. The van der Waals surface area contributed by atoms with Crippen LogP contribution in [0, 0.1) is 0 Å². The summed E-state index contributed by atoms with van der Waals surface area (Å²) < 4.78 is 11.0. The Kier molecular flexibility index (Phi) is 8.05. The number of carbonyl (C=O) groups is 2. The number of nitrogens with one attached hydrogen (secondary N) is 2. The average molecular weight is 448 g/mol. The fourth-order valence-corrected chi connectivity index (χ4v) is 2.80. The van der Waals surface area contributed by atoms with Gasteiger partial charge in [0.2, 0.25) is 0 Å². The second-order valence-corrected chi connectivity index (χ2v) is 6.85. The lowest BCUT2D eigenvalue weighted by Gasteiger charge is -2.11. The van der Waals surface area contributed by atoms with Gasteiger partial charge in [-0.15, -0.1) is 0 Å². The first kappa shape index (κ1) is 22.6. The molecule has 0 aromatic heterocycles. The van der Waals surface area contributed by atoms with Crippen LogP contribution in [-0.4, -0.2) is 29.8 Å². The van der Waals surface area contributed by atoms with E-state index in [9.17, 15) is 9.59 Å². The molecule has 8 heteroatoms. The Bertz CT molecular complexity index is 1120. The summed E-state index contributed by atoms with van der Waals surface area (Å²) in [6, 6.07) is 21.8. The monoisotopic (exact) mass is 447 g/mol. The summed E-state index contributed by atoms with van der Waals surface area (Å²) in [5, 5.41) is 7.33. The zero-order valence-electron chi connectivity index (χ0n) is 17.3. The largest absolute Gasteiger partial charge is 0.423 e. The smallest absolute Gasteiger partial charge is 0.343 e. The van der Waals surface area contributed by atoms with E-state index in [0.717, 1.165) is 0 Å². The molecule has 0 amide bonds. The third-order valence-corrected chi connectivity index (χ3v) is 4.36. The van der Waals surface area contributed by atoms with E-state index >= 15 is 0 Å². The molecular weight excluding hydrogens is 426 g/mol. The fraction of sp³-hybridized carbons (Fsp3) is 0.0833. The van der Waals surface area contributed by atoms with Gasteiger partial charge < -0.3 is 14.8 Å². The summed E-state index contributed by atoms with van der Waals surface area (Å²) in [4.78, 5) is 24.9. The van der Waals surface area contributed by atoms with Crippen molar-refractivity contribution in [3.63, 3.8) is 0 Å². The van der Waals surface area contributed by atoms with Crippen molar-refractivity contribution in [1.82, 2.24) is 10.7 Å². The van der Waals surface area contributed by atoms with Crippen LogP contribution in [0.5, 0.6) is 11.5 Å². The molecule has 0 aliphatic rings. The van der Waals surface area contributed by atoms with Gasteiger partial charge in [-0.1, -0.05) is 36.4 Å². The van der Waals surface area contributed by atoms with Gasteiger partial charge in [-0.2, -0.15) is 5.10 Å². The van der Waals surface area contributed by atoms with E-state index < -0.39 is 11.9 Å². The van der Waals surface area contributed by atoms with Gasteiger partial charge >= 0.3 is 11.9 Å². The lowest BCUT2D eigenvalue weighted by Crippen LogP contribution is -2.31. The van der Waals surface area contributed by atoms with Gasteiger partial charge in [-0.25, -0.2) is 9.59 Å². The first-order valence-corrected chi connectivity index (χ1v) is 10.2. The maximum atomic E-state index is 12.6. The van der Waals surface area contributed by atoms with Crippen molar-refractivity contribution in [2.24, 2.45) is 5.10 Å². The van der Waals surface area contributed by atoms with Gasteiger partial charge in [0.1, 0.15) is 11.5 Å². The minimum atomic E-state index is -0.553. The number of esters is 2. The lowest BCUT2D eigenvalue weighted by atomic mass is 10.2. The lowest BCUT2D eigenvalue weighted by molar-refractivity contribution is 0.0732. The summed E-state index contributed by atoms with van der Waals surface area (Å²) in [5.74, 6) is -0.673. The molecular formula is C24H21N3O4S. The Morgan fingerprint density at radius 1 is 0.906 bits per heavy atom. The van der Waals surface area contributed by atoms with Gasteiger partial charge in [-0.3, -0.25) is 5.43 Å². The van der Waals surface area contributed by atoms with E-state index in [1.165, 1.54) is 12.3 Å². The van der Waals surface area contributed by atoms with Crippen LogP contribution in [0.3, 0.4) is 0 Å². The van der Waals surface area contributed by atoms with Crippen LogP contribution in [0.2, 0.25) is 0 Å². The van der Waals surface area contributed by atoms with E-state index in [0.29, 0.717) is 28.3 Å². The predicted octanol–water partition coefficient (Wildman–Crippen LogP) is 3.94. The standard InChI is InChI=1S/C24H21N3O4S/c1-2-25-24(32)27-26-16-19-13-14-20(30-22(28)17-9-5-3-6-10-17)15-21(19)31-23(29)18-11-7-4-8-12-18/h3-16H,2H2,1H3,(H2,25,27,32). The summed E-state index contributed by atoms with van der Waals surface area (Å²) in [5.41, 5.74) is 3.95. The zero-order valence-corrected chi connectivity index (χ0v) is 18.1. The van der Waals surface area contributed by atoms with Gasteiger partial charge in [-0.05, 0) is 55.5 Å². The van der Waals surface area contributed by atoms with Crippen molar-refractivity contribution >= 4 is 35.5 Å². The number of thiocarbonyl (C=S) groups is 1. The zero-order chi connectivity index (χ0) is 22.8. The molecule has 0 atom stereocenters. The number of hydrogen-bond donors (Lipinski definition) is 2. The normalized spacial score (nSPS) is 10.4. The molecule has 7 nitrogen and oxygen atoms in total. The molecule has 0 bridgehead atoms. The number of carbonyl (C=O) groups excluding carboxylic acids is 2. The van der Waals surface area contributed by atoms with E-state index in [1.54, 1.807) is 66.7 Å². The molecule has 0 saturated carbocycles. The van der Waals surface area contributed by atoms with Crippen LogP contribution < -0.4 is 20.2 Å². The molecule has 0 aliphatic carbocycles. The molecule has 3 aromatic rings. The van der Waals surface area contributed by atoms with E-state index in [1.807, 2.05) is 13.0 Å².